The Bertz CT molecular complexity index is 237. The third-order valence-electron chi connectivity index (χ3n) is 4.44. The first-order chi connectivity index (χ1) is 8.68. The zero-order valence-corrected chi connectivity index (χ0v) is 12.0. The van der Waals surface area contributed by atoms with Crippen LogP contribution in [0.25, 0.3) is 0 Å². The van der Waals surface area contributed by atoms with Crippen LogP contribution in [0, 0.1) is 5.41 Å². The molecule has 2 fully saturated rings. The molecule has 1 N–H and O–H groups in total. The second-order valence-corrected chi connectivity index (χ2v) is 6.45. The molecule has 2 atom stereocenters. The number of ether oxygens (including phenoxy) is 2. The molecule has 1 heterocycles. The van der Waals surface area contributed by atoms with Crippen molar-refractivity contribution in [2.75, 3.05) is 26.4 Å². The van der Waals surface area contributed by atoms with E-state index in [1.165, 1.54) is 32.1 Å². The fourth-order valence-corrected chi connectivity index (χ4v) is 3.15. The second kappa shape index (κ2) is 6.88. The first kappa shape index (κ1) is 14.3. The second-order valence-electron chi connectivity index (χ2n) is 6.45. The lowest BCUT2D eigenvalue weighted by molar-refractivity contribution is 0.0164. The number of nitrogens with one attached hydrogen (secondary N) is 1. The topological polar surface area (TPSA) is 30.5 Å². The first-order valence-electron chi connectivity index (χ1n) is 7.61. The highest BCUT2D eigenvalue weighted by Crippen LogP contribution is 2.36. The highest BCUT2D eigenvalue weighted by atomic mass is 16.5. The van der Waals surface area contributed by atoms with Crippen LogP contribution in [0.4, 0.5) is 0 Å². The Labute approximate surface area is 112 Å². The summed E-state index contributed by atoms with van der Waals surface area (Å²) in [5.41, 5.74) is 0.485. The predicted molar refractivity (Wildman–Crippen MR) is 73.8 cm³/mol. The zero-order valence-electron chi connectivity index (χ0n) is 12.0. The Morgan fingerprint density at radius 3 is 2.83 bits per heavy atom. The summed E-state index contributed by atoms with van der Waals surface area (Å²) in [5.74, 6) is 0. The molecule has 0 aromatic rings. The highest BCUT2D eigenvalue weighted by molar-refractivity contribution is 4.89. The Hall–Kier alpha value is -0.120. The Morgan fingerprint density at radius 2 is 2.17 bits per heavy atom. The van der Waals surface area contributed by atoms with E-state index in [-0.39, 0.29) is 0 Å². The summed E-state index contributed by atoms with van der Waals surface area (Å²) < 4.78 is 11.2. The number of hydrogen-bond donors (Lipinski definition) is 1. The summed E-state index contributed by atoms with van der Waals surface area (Å²) in [5, 5.41) is 3.69. The molecular formula is C15H29NO2. The van der Waals surface area contributed by atoms with E-state index in [0.717, 1.165) is 32.8 Å². The zero-order chi connectivity index (χ0) is 12.8. The van der Waals surface area contributed by atoms with Crippen molar-refractivity contribution in [1.29, 1.82) is 0 Å². The fraction of sp³-hybridized carbons (Fsp3) is 1.00. The summed E-state index contributed by atoms with van der Waals surface area (Å²) in [6.07, 6.45) is 7.93. The standard InChI is InChI=1S/C15H29NO2/c1-15(2)8-3-7-14(15)16-9-5-10-17-12-13-6-4-11-18-13/h13-14,16H,3-12H2,1-2H3. The molecule has 1 saturated carbocycles. The van der Waals surface area contributed by atoms with Crippen LogP contribution >= 0.6 is 0 Å². The van der Waals surface area contributed by atoms with Gasteiger partial charge in [-0.2, -0.15) is 0 Å². The summed E-state index contributed by atoms with van der Waals surface area (Å²) in [6, 6.07) is 0.704. The highest BCUT2D eigenvalue weighted by Gasteiger charge is 2.33. The van der Waals surface area contributed by atoms with Gasteiger partial charge in [-0.15, -0.1) is 0 Å². The maximum atomic E-state index is 5.67. The van der Waals surface area contributed by atoms with Crippen LogP contribution in [0.15, 0.2) is 0 Å². The molecule has 0 amide bonds. The predicted octanol–water partition coefficient (Wildman–Crippen LogP) is 2.74. The van der Waals surface area contributed by atoms with Crippen molar-refractivity contribution >= 4 is 0 Å². The summed E-state index contributed by atoms with van der Waals surface area (Å²) >= 11 is 0. The van der Waals surface area contributed by atoms with Gasteiger partial charge >= 0.3 is 0 Å². The maximum absolute atomic E-state index is 5.67. The van der Waals surface area contributed by atoms with Gasteiger partial charge in [0.1, 0.15) is 0 Å². The lowest BCUT2D eigenvalue weighted by Crippen LogP contribution is -2.38. The van der Waals surface area contributed by atoms with E-state index in [2.05, 4.69) is 19.2 Å². The summed E-state index contributed by atoms with van der Waals surface area (Å²) in [6.45, 7) is 8.41. The van der Waals surface area contributed by atoms with Crippen LogP contribution in [0.5, 0.6) is 0 Å². The molecule has 3 nitrogen and oxygen atoms in total. The summed E-state index contributed by atoms with van der Waals surface area (Å²) in [4.78, 5) is 0. The van der Waals surface area contributed by atoms with E-state index in [9.17, 15) is 0 Å². The molecule has 3 heteroatoms. The first-order valence-corrected chi connectivity index (χ1v) is 7.61. The van der Waals surface area contributed by atoms with Crippen molar-refractivity contribution in [3.8, 4) is 0 Å². The van der Waals surface area contributed by atoms with Gasteiger partial charge in [-0.3, -0.25) is 0 Å². The lowest BCUT2D eigenvalue weighted by atomic mass is 9.87. The van der Waals surface area contributed by atoms with E-state index in [1.54, 1.807) is 0 Å². The molecule has 18 heavy (non-hydrogen) atoms. The van der Waals surface area contributed by atoms with E-state index in [0.29, 0.717) is 17.6 Å². The van der Waals surface area contributed by atoms with E-state index in [1.807, 2.05) is 0 Å². The van der Waals surface area contributed by atoms with Gasteiger partial charge in [0.2, 0.25) is 0 Å². The molecule has 2 unspecified atom stereocenters. The molecule has 1 aliphatic heterocycles. The van der Waals surface area contributed by atoms with Crippen LogP contribution in [0.2, 0.25) is 0 Å². The van der Waals surface area contributed by atoms with E-state index >= 15 is 0 Å². The molecule has 2 aliphatic rings. The average molecular weight is 255 g/mol. The number of hydrogen-bond acceptors (Lipinski definition) is 3. The molecule has 2 rings (SSSR count). The third kappa shape index (κ3) is 4.22. The molecule has 0 aromatic carbocycles. The lowest BCUT2D eigenvalue weighted by Gasteiger charge is -2.28. The van der Waals surface area contributed by atoms with Crippen LogP contribution in [0.1, 0.15) is 52.4 Å². The monoisotopic (exact) mass is 255 g/mol. The van der Waals surface area contributed by atoms with Crippen LogP contribution < -0.4 is 5.32 Å². The van der Waals surface area contributed by atoms with Gasteiger partial charge in [0.25, 0.3) is 0 Å². The van der Waals surface area contributed by atoms with Crippen molar-refractivity contribution in [1.82, 2.24) is 5.32 Å². The Balaban J connectivity index is 1.46. The van der Waals surface area contributed by atoms with Crippen molar-refractivity contribution < 1.29 is 9.47 Å². The van der Waals surface area contributed by atoms with E-state index < -0.39 is 0 Å². The molecule has 0 radical (unpaired) electrons. The molecule has 0 aromatic heterocycles. The third-order valence-corrected chi connectivity index (χ3v) is 4.44. The van der Waals surface area contributed by atoms with Gasteiger partial charge < -0.3 is 14.8 Å². The smallest absolute Gasteiger partial charge is 0.0809 e. The van der Waals surface area contributed by atoms with Gasteiger partial charge in [0, 0.05) is 19.3 Å². The minimum Gasteiger partial charge on any atom is -0.379 e. The van der Waals surface area contributed by atoms with Crippen LogP contribution in [-0.2, 0) is 9.47 Å². The summed E-state index contributed by atoms with van der Waals surface area (Å²) in [7, 11) is 0. The van der Waals surface area contributed by atoms with Crippen molar-refractivity contribution in [3.63, 3.8) is 0 Å². The molecule has 1 saturated heterocycles. The minimum absolute atomic E-state index is 0.367. The SMILES string of the molecule is CC1(C)CCCC1NCCCOCC1CCCO1. The van der Waals surface area contributed by atoms with Crippen molar-refractivity contribution in [3.05, 3.63) is 0 Å². The van der Waals surface area contributed by atoms with Crippen molar-refractivity contribution in [2.45, 2.75) is 64.5 Å². The minimum atomic E-state index is 0.367. The van der Waals surface area contributed by atoms with Gasteiger partial charge in [-0.1, -0.05) is 20.3 Å². The average Bonchev–Trinajstić information content (AvgIpc) is 2.93. The Morgan fingerprint density at radius 1 is 1.28 bits per heavy atom. The van der Waals surface area contributed by atoms with Gasteiger partial charge in [-0.05, 0) is 44.1 Å². The fourth-order valence-electron chi connectivity index (χ4n) is 3.15. The van der Waals surface area contributed by atoms with Gasteiger partial charge in [0.15, 0.2) is 0 Å². The van der Waals surface area contributed by atoms with Crippen LogP contribution in [0.3, 0.4) is 0 Å². The van der Waals surface area contributed by atoms with E-state index in [4.69, 9.17) is 9.47 Å². The Kier molecular flexibility index (Phi) is 5.46. The normalized spacial score (nSPS) is 31.0. The molecular weight excluding hydrogens is 226 g/mol. The quantitative estimate of drug-likeness (QED) is 0.710. The van der Waals surface area contributed by atoms with Gasteiger partial charge in [-0.25, -0.2) is 0 Å². The molecule has 1 aliphatic carbocycles. The molecule has 0 bridgehead atoms. The molecule has 106 valence electrons. The van der Waals surface area contributed by atoms with Crippen molar-refractivity contribution in [2.24, 2.45) is 5.41 Å². The largest absolute Gasteiger partial charge is 0.379 e. The molecule has 0 spiro atoms. The maximum Gasteiger partial charge on any atom is 0.0809 e. The van der Waals surface area contributed by atoms with Gasteiger partial charge in [0.05, 0.1) is 12.7 Å². The van der Waals surface area contributed by atoms with Crippen LogP contribution in [-0.4, -0.2) is 38.5 Å². The number of rotatable bonds is 7.